The van der Waals surface area contributed by atoms with Crippen molar-refractivity contribution in [2.75, 3.05) is 5.73 Å². The van der Waals surface area contributed by atoms with Crippen molar-refractivity contribution in [1.82, 2.24) is 15.1 Å². The number of anilines is 1. The Morgan fingerprint density at radius 1 is 1.67 bits per heavy atom. The van der Waals surface area contributed by atoms with Crippen LogP contribution < -0.4 is 16.6 Å². The molecule has 0 spiro atoms. The molecule has 1 fully saturated rings. The van der Waals surface area contributed by atoms with Gasteiger partial charge in [0.25, 0.3) is 5.56 Å². The molecular weight excluding hydrogens is 196 g/mol. The summed E-state index contributed by atoms with van der Waals surface area (Å²) in [6.45, 7) is -0.0460. The van der Waals surface area contributed by atoms with Crippen LogP contribution in [-0.4, -0.2) is 21.7 Å². The SMILES string of the molecule is Nc1cnn(CC(=O)NC2CC2)c(=O)c1. The molecule has 15 heavy (non-hydrogen) atoms. The number of nitrogens with two attached hydrogens (primary N) is 1. The lowest BCUT2D eigenvalue weighted by molar-refractivity contribution is -0.122. The number of hydrogen-bond donors (Lipinski definition) is 2. The second kappa shape index (κ2) is 3.72. The molecule has 1 saturated carbocycles. The number of rotatable bonds is 3. The van der Waals surface area contributed by atoms with Crippen LogP contribution in [0.25, 0.3) is 0 Å². The molecule has 0 unspecified atom stereocenters. The molecule has 6 nitrogen and oxygen atoms in total. The van der Waals surface area contributed by atoms with Gasteiger partial charge in [-0.25, -0.2) is 4.68 Å². The fraction of sp³-hybridized carbons (Fsp3) is 0.444. The van der Waals surface area contributed by atoms with Crippen LogP contribution in [0.5, 0.6) is 0 Å². The lowest BCUT2D eigenvalue weighted by Crippen LogP contribution is -2.34. The summed E-state index contributed by atoms with van der Waals surface area (Å²) in [5.41, 5.74) is 5.32. The zero-order chi connectivity index (χ0) is 10.8. The van der Waals surface area contributed by atoms with Crippen molar-refractivity contribution < 1.29 is 4.79 Å². The van der Waals surface area contributed by atoms with Gasteiger partial charge in [0, 0.05) is 12.1 Å². The minimum absolute atomic E-state index is 0.0460. The molecule has 1 amide bonds. The first kappa shape index (κ1) is 9.70. The largest absolute Gasteiger partial charge is 0.397 e. The molecule has 1 aromatic rings. The van der Waals surface area contributed by atoms with Crippen LogP contribution in [0, 0.1) is 0 Å². The maximum atomic E-state index is 11.4. The average molecular weight is 208 g/mol. The molecule has 2 rings (SSSR count). The van der Waals surface area contributed by atoms with Crippen LogP contribution >= 0.6 is 0 Å². The van der Waals surface area contributed by atoms with Gasteiger partial charge in [-0.1, -0.05) is 0 Å². The molecule has 0 aromatic carbocycles. The molecule has 0 bridgehead atoms. The highest BCUT2D eigenvalue weighted by Crippen LogP contribution is 2.18. The first-order valence-electron chi connectivity index (χ1n) is 4.77. The Morgan fingerprint density at radius 2 is 2.40 bits per heavy atom. The molecule has 1 aliphatic carbocycles. The van der Waals surface area contributed by atoms with Gasteiger partial charge in [0.05, 0.1) is 11.9 Å². The summed E-state index contributed by atoms with van der Waals surface area (Å²) in [5.74, 6) is -0.183. The molecule has 0 atom stereocenters. The van der Waals surface area contributed by atoms with Gasteiger partial charge >= 0.3 is 0 Å². The summed E-state index contributed by atoms with van der Waals surface area (Å²) in [6, 6.07) is 1.54. The Labute approximate surface area is 86.1 Å². The molecule has 0 saturated heterocycles. The van der Waals surface area contributed by atoms with E-state index >= 15 is 0 Å². The van der Waals surface area contributed by atoms with E-state index in [0.29, 0.717) is 11.7 Å². The molecule has 3 N–H and O–H groups in total. The first-order chi connectivity index (χ1) is 7.15. The number of carbonyl (C=O) groups is 1. The molecule has 0 aliphatic heterocycles. The average Bonchev–Trinajstić information content (AvgIpc) is 2.94. The van der Waals surface area contributed by atoms with E-state index in [2.05, 4.69) is 10.4 Å². The standard InChI is InChI=1S/C9H12N4O2/c10-6-3-9(15)13(11-4-6)5-8(14)12-7-1-2-7/h3-4,7H,1-2,5,10H2,(H,12,14). The van der Waals surface area contributed by atoms with Gasteiger partial charge in [0.15, 0.2) is 0 Å². The van der Waals surface area contributed by atoms with Crippen molar-refractivity contribution in [3.8, 4) is 0 Å². The summed E-state index contributed by atoms with van der Waals surface area (Å²) in [7, 11) is 0. The van der Waals surface area contributed by atoms with Crippen molar-refractivity contribution in [3.63, 3.8) is 0 Å². The van der Waals surface area contributed by atoms with Gasteiger partial charge in [-0.15, -0.1) is 0 Å². The second-order valence-electron chi connectivity index (χ2n) is 3.63. The quantitative estimate of drug-likeness (QED) is 0.673. The smallest absolute Gasteiger partial charge is 0.269 e. The maximum absolute atomic E-state index is 11.4. The van der Waals surface area contributed by atoms with Crippen LogP contribution in [-0.2, 0) is 11.3 Å². The summed E-state index contributed by atoms with van der Waals surface area (Å²) in [5, 5.41) is 6.54. The summed E-state index contributed by atoms with van der Waals surface area (Å²) < 4.78 is 1.09. The first-order valence-corrected chi connectivity index (χ1v) is 4.77. The minimum Gasteiger partial charge on any atom is -0.397 e. The van der Waals surface area contributed by atoms with Gasteiger partial charge in [0.1, 0.15) is 6.54 Å². The van der Waals surface area contributed by atoms with E-state index in [1.165, 1.54) is 12.3 Å². The number of amides is 1. The Kier molecular flexibility index (Phi) is 2.40. The Balaban J connectivity index is 2.03. The highest BCUT2D eigenvalue weighted by molar-refractivity contribution is 5.76. The number of nitrogen functional groups attached to an aromatic ring is 1. The van der Waals surface area contributed by atoms with E-state index in [9.17, 15) is 9.59 Å². The Bertz CT molecular complexity index is 436. The van der Waals surface area contributed by atoms with Crippen LogP contribution in [0.2, 0.25) is 0 Å². The van der Waals surface area contributed by atoms with E-state index in [4.69, 9.17) is 5.73 Å². The van der Waals surface area contributed by atoms with E-state index in [0.717, 1.165) is 17.5 Å². The van der Waals surface area contributed by atoms with Gasteiger partial charge in [-0.2, -0.15) is 5.10 Å². The second-order valence-corrected chi connectivity index (χ2v) is 3.63. The number of carbonyl (C=O) groups excluding carboxylic acids is 1. The highest BCUT2D eigenvalue weighted by Gasteiger charge is 2.23. The monoisotopic (exact) mass is 208 g/mol. The lowest BCUT2D eigenvalue weighted by Gasteiger charge is -2.04. The van der Waals surface area contributed by atoms with Crippen LogP contribution in [0.15, 0.2) is 17.1 Å². The van der Waals surface area contributed by atoms with Crippen molar-refractivity contribution in [3.05, 3.63) is 22.6 Å². The van der Waals surface area contributed by atoms with Gasteiger partial charge < -0.3 is 11.1 Å². The number of hydrogen-bond acceptors (Lipinski definition) is 4. The normalized spacial score (nSPS) is 14.9. The van der Waals surface area contributed by atoms with Crippen molar-refractivity contribution in [1.29, 1.82) is 0 Å². The van der Waals surface area contributed by atoms with E-state index in [1.54, 1.807) is 0 Å². The number of nitrogens with one attached hydrogen (secondary N) is 1. The Morgan fingerprint density at radius 3 is 3.00 bits per heavy atom. The van der Waals surface area contributed by atoms with Crippen LogP contribution in [0.1, 0.15) is 12.8 Å². The molecule has 80 valence electrons. The zero-order valence-corrected chi connectivity index (χ0v) is 8.14. The molecule has 1 aliphatic rings. The predicted molar refractivity (Wildman–Crippen MR) is 54.1 cm³/mol. The maximum Gasteiger partial charge on any atom is 0.269 e. The molecule has 0 radical (unpaired) electrons. The third kappa shape index (κ3) is 2.55. The fourth-order valence-electron chi connectivity index (χ4n) is 1.20. The molecule has 1 heterocycles. The minimum atomic E-state index is -0.360. The summed E-state index contributed by atoms with van der Waals surface area (Å²) in [6.07, 6.45) is 3.40. The number of aromatic nitrogens is 2. The molecular formula is C9H12N4O2. The van der Waals surface area contributed by atoms with Crippen LogP contribution in [0.3, 0.4) is 0 Å². The van der Waals surface area contributed by atoms with Gasteiger partial charge in [-0.3, -0.25) is 9.59 Å². The summed E-state index contributed by atoms with van der Waals surface area (Å²) in [4.78, 5) is 22.7. The van der Waals surface area contributed by atoms with Crippen molar-refractivity contribution in [2.24, 2.45) is 0 Å². The highest BCUT2D eigenvalue weighted by atomic mass is 16.2. The molecule has 6 heteroatoms. The van der Waals surface area contributed by atoms with Crippen LogP contribution in [0.4, 0.5) is 5.69 Å². The van der Waals surface area contributed by atoms with Crippen molar-refractivity contribution in [2.45, 2.75) is 25.4 Å². The third-order valence-electron chi connectivity index (χ3n) is 2.13. The van der Waals surface area contributed by atoms with E-state index in [-0.39, 0.29) is 18.0 Å². The van der Waals surface area contributed by atoms with E-state index < -0.39 is 0 Å². The zero-order valence-electron chi connectivity index (χ0n) is 8.14. The molecule has 1 aromatic heterocycles. The Hall–Kier alpha value is -1.85. The fourth-order valence-corrected chi connectivity index (χ4v) is 1.20. The topological polar surface area (TPSA) is 90.0 Å². The van der Waals surface area contributed by atoms with Gasteiger partial charge in [0.2, 0.25) is 5.91 Å². The van der Waals surface area contributed by atoms with Gasteiger partial charge in [-0.05, 0) is 12.8 Å². The lowest BCUT2D eigenvalue weighted by atomic mass is 10.5. The third-order valence-corrected chi connectivity index (χ3v) is 2.13. The van der Waals surface area contributed by atoms with Crippen molar-refractivity contribution >= 4 is 11.6 Å². The number of nitrogens with zero attached hydrogens (tertiary/aromatic N) is 2. The summed E-state index contributed by atoms with van der Waals surface area (Å²) >= 11 is 0. The predicted octanol–water partition coefficient (Wildman–Crippen LogP) is -0.896. The van der Waals surface area contributed by atoms with E-state index in [1.807, 2.05) is 0 Å².